The minimum Gasteiger partial charge on any atom is -0.399 e. The van der Waals surface area contributed by atoms with Gasteiger partial charge >= 0.3 is 0 Å². The summed E-state index contributed by atoms with van der Waals surface area (Å²) in [6, 6.07) is 4.58. The lowest BCUT2D eigenvalue weighted by atomic mass is 10.2. The van der Waals surface area contributed by atoms with Gasteiger partial charge in [-0.1, -0.05) is 0 Å². The Hall–Kier alpha value is -2.45. The van der Waals surface area contributed by atoms with Crippen molar-refractivity contribution < 1.29 is 9.18 Å². The minimum absolute atomic E-state index is 0.0667. The molecule has 6 nitrogen and oxygen atoms in total. The predicted octanol–water partition coefficient (Wildman–Crippen LogP) is 2.93. The Morgan fingerprint density at radius 2 is 2.25 bits per heavy atom. The Morgan fingerprint density at radius 1 is 1.42 bits per heavy atom. The van der Waals surface area contributed by atoms with Crippen molar-refractivity contribution in [2.45, 2.75) is 25.0 Å². The monoisotopic (exact) mass is 345 g/mol. The molecule has 2 aliphatic rings. The fourth-order valence-electron chi connectivity index (χ4n) is 2.55. The maximum Gasteiger partial charge on any atom is 0.258 e. The van der Waals surface area contributed by atoms with E-state index in [1.54, 1.807) is 11.7 Å². The Labute approximate surface area is 142 Å². The third-order valence-corrected chi connectivity index (χ3v) is 4.99. The van der Waals surface area contributed by atoms with Crippen LogP contribution in [0.1, 0.15) is 34.2 Å². The maximum absolute atomic E-state index is 13.8. The second-order valence-corrected chi connectivity index (χ2v) is 6.76. The van der Waals surface area contributed by atoms with Crippen LogP contribution in [-0.2, 0) is 0 Å². The van der Waals surface area contributed by atoms with Crippen molar-refractivity contribution in [3.8, 4) is 0 Å². The number of thiophene rings is 1. The summed E-state index contributed by atoms with van der Waals surface area (Å²) in [5, 5.41) is 10.8. The number of anilines is 3. The van der Waals surface area contributed by atoms with E-state index in [0.29, 0.717) is 17.3 Å². The lowest BCUT2D eigenvalue weighted by Crippen LogP contribution is -2.25. The van der Waals surface area contributed by atoms with Gasteiger partial charge in [-0.25, -0.2) is 4.39 Å². The van der Waals surface area contributed by atoms with Crippen molar-refractivity contribution in [2.75, 3.05) is 16.4 Å². The maximum atomic E-state index is 13.8. The molecule has 1 amide bonds. The molecule has 124 valence electrons. The molecule has 1 unspecified atom stereocenters. The van der Waals surface area contributed by atoms with Gasteiger partial charge in [0.25, 0.3) is 5.91 Å². The number of halogens is 1. The molecule has 1 saturated carbocycles. The Balaban J connectivity index is 1.57. The van der Waals surface area contributed by atoms with E-state index in [9.17, 15) is 9.18 Å². The molecule has 2 heterocycles. The van der Waals surface area contributed by atoms with Crippen LogP contribution >= 0.6 is 11.3 Å². The van der Waals surface area contributed by atoms with E-state index in [1.807, 2.05) is 0 Å². The summed E-state index contributed by atoms with van der Waals surface area (Å²) in [6.07, 6.45) is 3.77. The van der Waals surface area contributed by atoms with Crippen LogP contribution in [0.15, 0.2) is 28.6 Å². The standard InChI is InChI=1S/C16H16FN5OS/c17-11-4-1-8(18)5-12(11)22-16(23)10-6-24-14-13(10)19-7-20-15(14)21-9-2-3-9/h1,4-7,9,15,21H,2-3,18H2,(H,19,20)(H,22,23). The second kappa shape index (κ2) is 5.88. The molecule has 0 spiro atoms. The first kappa shape index (κ1) is 15.1. The third kappa shape index (κ3) is 2.85. The normalized spacial score (nSPS) is 18.8. The van der Waals surface area contributed by atoms with Gasteiger partial charge in [-0.15, -0.1) is 11.3 Å². The van der Waals surface area contributed by atoms with Gasteiger partial charge in [-0.05, 0) is 31.0 Å². The van der Waals surface area contributed by atoms with Gasteiger partial charge in [0, 0.05) is 17.1 Å². The average molecular weight is 345 g/mol. The molecule has 1 aromatic heterocycles. The van der Waals surface area contributed by atoms with Crippen molar-refractivity contribution in [2.24, 2.45) is 4.99 Å². The first-order valence-corrected chi connectivity index (χ1v) is 8.52. The Morgan fingerprint density at radius 3 is 3.04 bits per heavy atom. The molecule has 1 fully saturated rings. The zero-order chi connectivity index (χ0) is 16.7. The molecule has 0 saturated heterocycles. The highest BCUT2D eigenvalue weighted by atomic mass is 32.1. The summed E-state index contributed by atoms with van der Waals surface area (Å²) < 4.78 is 13.8. The quantitative estimate of drug-likeness (QED) is 0.641. The molecule has 5 N–H and O–H groups in total. The van der Waals surface area contributed by atoms with Crippen LogP contribution in [0.25, 0.3) is 0 Å². The van der Waals surface area contributed by atoms with Gasteiger partial charge in [0.2, 0.25) is 0 Å². The molecular weight excluding hydrogens is 329 g/mol. The topological polar surface area (TPSA) is 91.5 Å². The fourth-order valence-corrected chi connectivity index (χ4v) is 3.57. The second-order valence-electron chi connectivity index (χ2n) is 5.85. The number of carbonyl (C=O) groups excluding carboxylic acids is 1. The van der Waals surface area contributed by atoms with Crippen LogP contribution < -0.4 is 21.7 Å². The molecule has 24 heavy (non-hydrogen) atoms. The first-order chi connectivity index (χ1) is 11.6. The number of aliphatic imine (C=N–C) groups is 1. The van der Waals surface area contributed by atoms with Crippen molar-refractivity contribution in [3.05, 3.63) is 39.8 Å². The minimum atomic E-state index is -0.524. The van der Waals surface area contributed by atoms with Crippen molar-refractivity contribution in [1.29, 1.82) is 0 Å². The van der Waals surface area contributed by atoms with Crippen LogP contribution in [-0.4, -0.2) is 18.3 Å². The van der Waals surface area contributed by atoms with Gasteiger partial charge in [-0.3, -0.25) is 15.1 Å². The molecule has 0 bridgehead atoms. The van der Waals surface area contributed by atoms with Crippen molar-refractivity contribution >= 4 is 40.6 Å². The van der Waals surface area contributed by atoms with E-state index in [4.69, 9.17) is 5.73 Å². The summed E-state index contributed by atoms with van der Waals surface area (Å²) in [4.78, 5) is 17.9. The van der Waals surface area contributed by atoms with Gasteiger partial charge in [-0.2, -0.15) is 0 Å². The zero-order valence-electron chi connectivity index (χ0n) is 12.7. The number of nitrogen functional groups attached to an aromatic ring is 1. The smallest absolute Gasteiger partial charge is 0.258 e. The molecule has 8 heteroatoms. The highest BCUT2D eigenvalue weighted by Gasteiger charge is 2.30. The Kier molecular flexibility index (Phi) is 3.70. The summed E-state index contributed by atoms with van der Waals surface area (Å²) in [7, 11) is 0. The van der Waals surface area contributed by atoms with Crippen LogP contribution in [0.5, 0.6) is 0 Å². The van der Waals surface area contributed by atoms with Gasteiger partial charge < -0.3 is 16.4 Å². The predicted molar refractivity (Wildman–Crippen MR) is 94.1 cm³/mol. The van der Waals surface area contributed by atoms with Crippen LogP contribution in [0, 0.1) is 5.82 Å². The number of nitrogens with one attached hydrogen (secondary N) is 3. The number of carbonyl (C=O) groups is 1. The van der Waals surface area contributed by atoms with E-state index < -0.39 is 5.82 Å². The van der Waals surface area contributed by atoms with Gasteiger partial charge in [0.1, 0.15) is 12.0 Å². The SMILES string of the molecule is Nc1ccc(F)c(NC(=O)c2csc3c2NC=NC3NC2CC2)c1. The zero-order valence-corrected chi connectivity index (χ0v) is 13.5. The number of hydrogen-bond acceptors (Lipinski definition) is 6. The van der Waals surface area contributed by atoms with Crippen LogP contribution in [0.3, 0.4) is 0 Å². The number of nitrogens with zero attached hydrogens (tertiary/aromatic N) is 1. The number of nitrogens with two attached hydrogens (primary N) is 1. The number of rotatable bonds is 4. The van der Waals surface area contributed by atoms with Crippen molar-refractivity contribution in [3.63, 3.8) is 0 Å². The Bertz CT molecular complexity index is 830. The number of fused-ring (bicyclic) bond motifs is 1. The molecule has 4 rings (SSSR count). The summed E-state index contributed by atoms with van der Waals surface area (Å²) in [5.41, 5.74) is 7.28. The fraction of sp³-hybridized carbons (Fsp3) is 0.250. The van der Waals surface area contributed by atoms with E-state index in [2.05, 4.69) is 20.9 Å². The molecule has 1 aliphatic heterocycles. The highest BCUT2D eigenvalue weighted by molar-refractivity contribution is 7.11. The summed E-state index contributed by atoms with van der Waals surface area (Å²) in [6.45, 7) is 0. The first-order valence-electron chi connectivity index (χ1n) is 7.64. The summed E-state index contributed by atoms with van der Waals surface area (Å²) >= 11 is 1.46. The largest absolute Gasteiger partial charge is 0.399 e. The van der Waals surface area contributed by atoms with Crippen LogP contribution in [0.4, 0.5) is 21.5 Å². The third-order valence-electron chi connectivity index (χ3n) is 3.95. The van der Waals surface area contributed by atoms with Crippen LogP contribution in [0.2, 0.25) is 0 Å². The van der Waals surface area contributed by atoms with E-state index >= 15 is 0 Å². The molecule has 0 radical (unpaired) electrons. The van der Waals surface area contributed by atoms with Crippen molar-refractivity contribution in [1.82, 2.24) is 5.32 Å². The number of hydrogen-bond donors (Lipinski definition) is 4. The number of benzene rings is 1. The molecule has 1 aliphatic carbocycles. The molecule has 2 aromatic rings. The van der Waals surface area contributed by atoms with Gasteiger partial charge in [0.15, 0.2) is 0 Å². The lowest BCUT2D eigenvalue weighted by Gasteiger charge is -2.19. The van der Waals surface area contributed by atoms with E-state index in [0.717, 1.165) is 23.4 Å². The molecule has 1 aromatic carbocycles. The lowest BCUT2D eigenvalue weighted by molar-refractivity contribution is 0.102. The van der Waals surface area contributed by atoms with Gasteiger partial charge in [0.05, 0.1) is 28.2 Å². The highest BCUT2D eigenvalue weighted by Crippen LogP contribution is 2.38. The average Bonchev–Trinajstić information content (AvgIpc) is 3.26. The van der Waals surface area contributed by atoms with E-state index in [-0.39, 0.29) is 17.8 Å². The van der Waals surface area contributed by atoms with E-state index in [1.165, 1.54) is 29.5 Å². The summed E-state index contributed by atoms with van der Waals surface area (Å²) in [5.74, 6) is -0.908. The molecule has 1 atom stereocenters. The number of amides is 1. The molecular formula is C16H16FN5OS.